The maximum atomic E-state index is 13.8. The summed E-state index contributed by atoms with van der Waals surface area (Å²) in [5, 5.41) is 7.00. The van der Waals surface area contributed by atoms with Crippen molar-refractivity contribution in [3.8, 4) is 5.75 Å². The van der Waals surface area contributed by atoms with Gasteiger partial charge in [-0.05, 0) is 48.5 Å². The third kappa shape index (κ3) is 3.07. The Morgan fingerprint density at radius 2 is 1.46 bits per heavy atom. The highest BCUT2D eigenvalue weighted by Crippen LogP contribution is 2.56. The summed E-state index contributed by atoms with van der Waals surface area (Å²) in [7, 11) is 1.58. The van der Waals surface area contributed by atoms with E-state index in [2.05, 4.69) is 4.98 Å². The van der Waals surface area contributed by atoms with Crippen molar-refractivity contribution < 1.29 is 19.1 Å². The number of hydrogen-bond donors (Lipinski definition) is 0. The second-order valence-corrected chi connectivity index (χ2v) is 10.3. The number of nitrogens with zero attached hydrogens (tertiary/aromatic N) is 5. The van der Waals surface area contributed by atoms with Crippen molar-refractivity contribution in [3.63, 3.8) is 0 Å². The van der Waals surface area contributed by atoms with Gasteiger partial charge < -0.3 is 9.47 Å². The van der Waals surface area contributed by atoms with Gasteiger partial charge >= 0.3 is 0 Å². The molecule has 3 fully saturated rings. The highest BCUT2D eigenvalue weighted by Gasteiger charge is 2.72. The topological polar surface area (TPSA) is 97.2 Å². The van der Waals surface area contributed by atoms with Crippen LogP contribution in [0.1, 0.15) is 5.69 Å². The summed E-state index contributed by atoms with van der Waals surface area (Å²) in [6.45, 7) is 0. The number of hydrogen-bond acceptors (Lipinski definition) is 8. The van der Waals surface area contributed by atoms with Gasteiger partial charge in [0.1, 0.15) is 11.4 Å². The number of fused-ring (bicyclic) bond motifs is 9. The number of anilines is 2. The van der Waals surface area contributed by atoms with E-state index in [0.717, 1.165) is 22.4 Å². The van der Waals surface area contributed by atoms with Gasteiger partial charge in [0, 0.05) is 0 Å². The normalized spacial score (nSPS) is 28.7. The molecular formula is C30H23N5O4. The van der Waals surface area contributed by atoms with Gasteiger partial charge in [0.2, 0.25) is 11.8 Å². The molecule has 192 valence electrons. The van der Waals surface area contributed by atoms with E-state index in [1.807, 2.05) is 59.6 Å². The molecule has 39 heavy (non-hydrogen) atoms. The minimum Gasteiger partial charge on any atom is -0.497 e. The lowest BCUT2D eigenvalue weighted by molar-refractivity contribution is -0.125. The fourth-order valence-electron chi connectivity index (χ4n) is 6.71. The lowest BCUT2D eigenvalue weighted by atomic mass is 9.70. The van der Waals surface area contributed by atoms with Gasteiger partial charge in [-0.3, -0.25) is 19.6 Å². The summed E-state index contributed by atoms with van der Waals surface area (Å²) in [5.74, 6) is -1.20. The summed E-state index contributed by atoms with van der Waals surface area (Å²) in [6.07, 6.45) is 0.756. The zero-order valence-electron chi connectivity index (χ0n) is 20.9. The van der Waals surface area contributed by atoms with Crippen molar-refractivity contribution in [2.75, 3.05) is 17.0 Å². The molecule has 0 unspecified atom stereocenters. The van der Waals surface area contributed by atoms with Crippen molar-refractivity contribution in [2.24, 2.45) is 22.9 Å². The molecule has 0 radical (unpaired) electrons. The molecule has 1 aromatic heterocycles. The third-order valence-electron chi connectivity index (χ3n) is 8.35. The Balaban J connectivity index is 1.22. The molecule has 9 nitrogen and oxygen atoms in total. The molecule has 2 amide bonds. The number of carbonyl (C=O) groups excluding carboxylic acids is 2. The highest BCUT2D eigenvalue weighted by molar-refractivity contribution is 6.23. The Bertz CT molecular complexity index is 1670. The summed E-state index contributed by atoms with van der Waals surface area (Å²) in [5.41, 5.74) is 4.39. The van der Waals surface area contributed by atoms with Gasteiger partial charge in [-0.15, -0.1) is 0 Å². The Morgan fingerprint density at radius 1 is 0.769 bits per heavy atom. The number of methoxy groups -OCH3 is 1. The number of hydrazone groups is 1. The van der Waals surface area contributed by atoms with Crippen LogP contribution in [0, 0.1) is 17.8 Å². The summed E-state index contributed by atoms with van der Waals surface area (Å²) in [4.78, 5) is 38.4. The van der Waals surface area contributed by atoms with Gasteiger partial charge in [0.15, 0.2) is 0 Å². The van der Waals surface area contributed by atoms with E-state index in [0.29, 0.717) is 17.1 Å². The highest BCUT2D eigenvalue weighted by atomic mass is 16.5. The number of imide groups is 1. The summed E-state index contributed by atoms with van der Waals surface area (Å²) >= 11 is 0. The van der Waals surface area contributed by atoms with E-state index in [4.69, 9.17) is 19.6 Å². The molecule has 4 aromatic rings. The molecule has 2 bridgehead atoms. The molecule has 9 heteroatoms. The lowest BCUT2D eigenvalue weighted by Gasteiger charge is -2.32. The van der Waals surface area contributed by atoms with Gasteiger partial charge in [-0.2, -0.15) is 5.10 Å². The average Bonchev–Trinajstić information content (AvgIpc) is 3.72. The SMILES string of the molecule is COc1ccc(N2C(=O)[C@@H]3[C@@H]4O[C@@H]([C@H]5C(c6cnc7ccccc7n6)=NN(c6ccccc6)[C@@H]45)[C@@H]3C2=O)cc1. The molecular weight excluding hydrogens is 494 g/mol. The minimum absolute atomic E-state index is 0.229. The molecule has 5 heterocycles. The van der Waals surface area contributed by atoms with Crippen LogP contribution in [0.5, 0.6) is 5.75 Å². The van der Waals surface area contributed by atoms with Gasteiger partial charge in [-0.1, -0.05) is 30.3 Å². The maximum Gasteiger partial charge on any atom is 0.240 e. The predicted molar refractivity (Wildman–Crippen MR) is 143 cm³/mol. The maximum absolute atomic E-state index is 13.8. The number of benzene rings is 3. The van der Waals surface area contributed by atoms with E-state index < -0.39 is 24.0 Å². The van der Waals surface area contributed by atoms with Crippen molar-refractivity contribution in [3.05, 3.63) is 90.8 Å². The van der Waals surface area contributed by atoms with Crippen molar-refractivity contribution >= 4 is 39.9 Å². The Labute approximate surface area is 223 Å². The van der Waals surface area contributed by atoms with Crippen LogP contribution in [0.3, 0.4) is 0 Å². The van der Waals surface area contributed by atoms with E-state index >= 15 is 0 Å². The quantitative estimate of drug-likeness (QED) is 0.383. The molecule has 0 N–H and O–H groups in total. The third-order valence-corrected chi connectivity index (χ3v) is 8.35. The summed E-state index contributed by atoms with van der Waals surface area (Å²) < 4.78 is 11.8. The minimum atomic E-state index is -0.583. The first-order chi connectivity index (χ1) is 19.1. The predicted octanol–water partition coefficient (Wildman–Crippen LogP) is 3.43. The first-order valence-electron chi connectivity index (χ1n) is 13.0. The fraction of sp³-hybridized carbons (Fsp3) is 0.233. The van der Waals surface area contributed by atoms with Crippen LogP contribution in [0.25, 0.3) is 11.0 Å². The Kier molecular flexibility index (Phi) is 4.69. The van der Waals surface area contributed by atoms with Gasteiger partial charge in [-0.25, -0.2) is 9.88 Å². The van der Waals surface area contributed by atoms with Crippen LogP contribution in [-0.2, 0) is 14.3 Å². The molecule has 4 aliphatic rings. The van der Waals surface area contributed by atoms with Crippen molar-refractivity contribution in [1.82, 2.24) is 9.97 Å². The van der Waals surface area contributed by atoms with Crippen LogP contribution in [0.2, 0.25) is 0 Å². The van der Waals surface area contributed by atoms with Crippen molar-refractivity contribution in [1.29, 1.82) is 0 Å². The Morgan fingerprint density at radius 3 is 2.21 bits per heavy atom. The summed E-state index contributed by atoms with van der Waals surface area (Å²) in [6, 6.07) is 24.3. The first kappa shape index (κ1) is 22.4. The molecule has 8 rings (SSSR count). The smallest absolute Gasteiger partial charge is 0.240 e. The molecule has 0 saturated carbocycles. The van der Waals surface area contributed by atoms with E-state index in [1.165, 1.54) is 4.90 Å². The number of amides is 2. The zero-order valence-corrected chi connectivity index (χ0v) is 20.9. The molecule has 0 spiro atoms. The van der Waals surface area contributed by atoms with Crippen LogP contribution in [0.15, 0.2) is 90.2 Å². The zero-order chi connectivity index (χ0) is 26.2. The van der Waals surface area contributed by atoms with E-state index in [1.54, 1.807) is 37.6 Å². The van der Waals surface area contributed by atoms with Gasteiger partial charge in [0.25, 0.3) is 0 Å². The standard InChI is InChI=1S/C30H23N5O4/c1-38-18-13-11-16(12-14-18)34-29(36)22-23(30(34)37)28-26-24(27(22)39-28)25(33-35(26)17-7-3-2-4-8-17)21-15-31-19-9-5-6-10-20(19)32-21/h2-15,22-24,26-28H,1H3/t22-,23+,24+,26-,27-,28+/m1/s1. The molecule has 3 aromatic carbocycles. The van der Waals surface area contributed by atoms with Crippen LogP contribution >= 0.6 is 0 Å². The second-order valence-electron chi connectivity index (χ2n) is 10.3. The average molecular weight is 518 g/mol. The largest absolute Gasteiger partial charge is 0.497 e. The number of ether oxygens (including phenoxy) is 2. The van der Waals surface area contributed by atoms with Gasteiger partial charge in [0.05, 0.1) is 77.4 Å². The number of carbonyl (C=O) groups is 2. The van der Waals surface area contributed by atoms with E-state index in [-0.39, 0.29) is 23.8 Å². The number of para-hydroxylation sites is 3. The van der Waals surface area contributed by atoms with E-state index in [9.17, 15) is 9.59 Å². The van der Waals surface area contributed by atoms with Crippen LogP contribution < -0.4 is 14.6 Å². The molecule has 6 atom stereocenters. The second kappa shape index (κ2) is 8.18. The fourth-order valence-corrected chi connectivity index (χ4v) is 6.71. The molecule has 3 saturated heterocycles. The first-order valence-corrected chi connectivity index (χ1v) is 13.0. The van der Waals surface area contributed by atoms with Crippen molar-refractivity contribution in [2.45, 2.75) is 18.2 Å². The lowest BCUT2D eigenvalue weighted by Crippen LogP contribution is -2.50. The molecule has 0 aliphatic carbocycles. The number of rotatable bonds is 4. The monoisotopic (exact) mass is 517 g/mol. The van der Waals surface area contributed by atoms with Crippen LogP contribution in [0.4, 0.5) is 11.4 Å². The molecule has 4 aliphatic heterocycles. The Hall–Kier alpha value is -4.63. The number of aromatic nitrogens is 2. The van der Waals surface area contributed by atoms with Crippen LogP contribution in [-0.4, -0.2) is 52.9 Å².